The fraction of sp³-hybridized carbons (Fsp3) is 0.281. The average Bonchev–Trinajstić information content (AvgIpc) is 2.98. The van der Waals surface area contributed by atoms with Crippen molar-refractivity contribution in [1.29, 1.82) is 0 Å². The molecular weight excluding hydrogens is 610 g/mol. The van der Waals surface area contributed by atoms with Crippen molar-refractivity contribution in [1.82, 2.24) is 9.97 Å². The normalized spacial score (nSPS) is 11.4. The molecule has 0 saturated heterocycles. The van der Waals surface area contributed by atoms with E-state index in [0.29, 0.717) is 54.9 Å². The first kappa shape index (κ1) is 36.4. The van der Waals surface area contributed by atoms with Crippen LogP contribution in [0.25, 0.3) is 0 Å². The second kappa shape index (κ2) is 16.9. The summed E-state index contributed by atoms with van der Waals surface area (Å²) in [7, 11) is 0. The maximum atomic E-state index is 12.8. The van der Waals surface area contributed by atoms with Crippen molar-refractivity contribution in [3.63, 3.8) is 0 Å². The van der Waals surface area contributed by atoms with Crippen LogP contribution in [0, 0.1) is 0 Å². The Morgan fingerprint density at radius 1 is 0.682 bits per heavy atom. The molecule has 0 aliphatic carbocycles. The van der Waals surface area contributed by atoms with Crippen LogP contribution in [0.15, 0.2) is 85.2 Å². The highest BCUT2D eigenvalue weighted by atomic mass is 35.5. The minimum Gasteiger partial charge on any atom is -0.347 e. The highest BCUT2D eigenvalue weighted by molar-refractivity contribution is 5.85. The van der Waals surface area contributed by atoms with Crippen LogP contribution in [-0.4, -0.2) is 29.5 Å². The first-order chi connectivity index (χ1) is 20.4. The quantitative estimate of drug-likeness (QED) is 0.0986. The van der Waals surface area contributed by atoms with Gasteiger partial charge in [0.1, 0.15) is 5.69 Å². The second-order valence-electron chi connectivity index (χ2n) is 9.29. The van der Waals surface area contributed by atoms with E-state index in [-0.39, 0.29) is 12.4 Å². The number of pyridine rings is 2. The third-order valence-electron chi connectivity index (χ3n) is 6.02. The number of aldehydes is 1. The van der Waals surface area contributed by atoms with Gasteiger partial charge in [-0.25, -0.2) is 0 Å². The molecule has 12 heteroatoms. The molecule has 0 unspecified atom stereocenters. The zero-order valence-electron chi connectivity index (χ0n) is 23.9. The molecule has 0 atom stereocenters. The van der Waals surface area contributed by atoms with Gasteiger partial charge in [-0.1, -0.05) is 48.5 Å². The van der Waals surface area contributed by atoms with Crippen molar-refractivity contribution in [2.45, 2.75) is 45.3 Å². The fourth-order valence-electron chi connectivity index (χ4n) is 4.00. The minimum atomic E-state index is -4.34. The highest BCUT2D eigenvalue weighted by Gasteiger charge is 2.31. The largest absolute Gasteiger partial charge is 0.416 e. The second-order valence-corrected chi connectivity index (χ2v) is 9.29. The van der Waals surface area contributed by atoms with Gasteiger partial charge >= 0.3 is 12.4 Å². The molecule has 0 bridgehead atoms. The number of ether oxygens (including phenoxy) is 2. The molecule has 0 radical (unpaired) electrons. The summed E-state index contributed by atoms with van der Waals surface area (Å²) in [6.45, 7) is 4.73. The smallest absolute Gasteiger partial charge is 0.347 e. The lowest BCUT2D eigenvalue weighted by Gasteiger charge is -2.16. The van der Waals surface area contributed by atoms with E-state index in [0.717, 1.165) is 35.4 Å². The van der Waals surface area contributed by atoms with Crippen molar-refractivity contribution in [2.75, 3.05) is 13.2 Å². The van der Waals surface area contributed by atoms with Crippen LogP contribution < -0.4 is 0 Å². The van der Waals surface area contributed by atoms with Gasteiger partial charge in [0.25, 0.3) is 0 Å². The molecule has 5 nitrogen and oxygen atoms in total. The van der Waals surface area contributed by atoms with Crippen LogP contribution in [0.4, 0.5) is 26.3 Å². The molecule has 0 fully saturated rings. The average molecular weight is 641 g/mol. The Bertz CT molecular complexity index is 1440. The van der Waals surface area contributed by atoms with Gasteiger partial charge in [-0.3, -0.25) is 14.8 Å². The molecule has 0 saturated carbocycles. The Balaban J connectivity index is 0.000000307. The summed E-state index contributed by atoms with van der Waals surface area (Å²) in [6, 6.07) is 17.3. The number of halogens is 7. The molecule has 0 spiro atoms. The van der Waals surface area contributed by atoms with E-state index in [1.807, 2.05) is 19.9 Å². The van der Waals surface area contributed by atoms with Gasteiger partial charge < -0.3 is 9.47 Å². The fourth-order valence-corrected chi connectivity index (χ4v) is 4.00. The summed E-state index contributed by atoms with van der Waals surface area (Å²) < 4.78 is 86.9. The number of rotatable bonds is 10. The van der Waals surface area contributed by atoms with Crippen molar-refractivity contribution < 1.29 is 40.6 Å². The first-order valence-corrected chi connectivity index (χ1v) is 13.3. The number of benzene rings is 2. The summed E-state index contributed by atoms with van der Waals surface area (Å²) in [5.74, 6) is 0. The number of carbonyl (C=O) groups excluding carboxylic acids is 1. The Morgan fingerprint density at radius 2 is 1.16 bits per heavy atom. The number of nitrogens with zero attached hydrogens (tertiary/aromatic N) is 2. The number of carbonyl (C=O) groups is 1. The van der Waals surface area contributed by atoms with Gasteiger partial charge in [0.2, 0.25) is 6.29 Å². The third-order valence-corrected chi connectivity index (χ3v) is 6.02. The molecule has 44 heavy (non-hydrogen) atoms. The summed E-state index contributed by atoms with van der Waals surface area (Å²) in [5, 5.41) is 0. The van der Waals surface area contributed by atoms with Gasteiger partial charge in [-0.05, 0) is 73.2 Å². The molecule has 0 N–H and O–H groups in total. The first-order valence-electron chi connectivity index (χ1n) is 13.3. The lowest BCUT2D eigenvalue weighted by atomic mass is 10.0. The predicted molar refractivity (Wildman–Crippen MR) is 156 cm³/mol. The van der Waals surface area contributed by atoms with E-state index in [1.165, 1.54) is 24.4 Å². The zero-order chi connectivity index (χ0) is 31.5. The van der Waals surface area contributed by atoms with Gasteiger partial charge in [0.05, 0.1) is 16.8 Å². The third kappa shape index (κ3) is 11.4. The highest BCUT2D eigenvalue weighted by Crippen LogP contribution is 2.31. The maximum absolute atomic E-state index is 12.8. The van der Waals surface area contributed by atoms with Gasteiger partial charge in [0, 0.05) is 25.6 Å². The molecular formula is C32H31ClF6N2O3. The molecule has 236 valence electrons. The Hall–Kier alpha value is -3.80. The van der Waals surface area contributed by atoms with E-state index in [9.17, 15) is 31.1 Å². The summed E-state index contributed by atoms with van der Waals surface area (Å²) in [5.41, 5.74) is 2.36. The Labute approximate surface area is 257 Å². The van der Waals surface area contributed by atoms with Crippen LogP contribution in [0.2, 0.25) is 0 Å². The maximum Gasteiger partial charge on any atom is 0.416 e. The molecule has 0 amide bonds. The molecule has 0 aliphatic heterocycles. The van der Waals surface area contributed by atoms with E-state index < -0.39 is 29.8 Å². The summed E-state index contributed by atoms with van der Waals surface area (Å²) in [6.07, 6.45) is -4.72. The van der Waals surface area contributed by atoms with Gasteiger partial charge in [-0.15, -0.1) is 12.4 Å². The van der Waals surface area contributed by atoms with Crippen LogP contribution in [0.3, 0.4) is 0 Å². The molecule has 4 aromatic rings. The number of aromatic nitrogens is 2. The molecule has 0 aliphatic rings. The number of hydrogen-bond donors (Lipinski definition) is 0. The Kier molecular flexibility index (Phi) is 14.0. The van der Waals surface area contributed by atoms with Crippen molar-refractivity contribution in [3.05, 3.63) is 130 Å². The zero-order valence-corrected chi connectivity index (χ0v) is 24.7. The van der Waals surface area contributed by atoms with Crippen LogP contribution in [-0.2, 0) is 34.7 Å². The topological polar surface area (TPSA) is 61.3 Å². The van der Waals surface area contributed by atoms with Crippen LogP contribution in [0.1, 0.15) is 69.7 Å². The van der Waals surface area contributed by atoms with Crippen molar-refractivity contribution in [2.24, 2.45) is 0 Å². The van der Waals surface area contributed by atoms with Crippen LogP contribution in [0.5, 0.6) is 0 Å². The monoisotopic (exact) mass is 640 g/mol. The van der Waals surface area contributed by atoms with Gasteiger partial charge in [0.15, 0.2) is 6.29 Å². The van der Waals surface area contributed by atoms with Crippen molar-refractivity contribution in [3.8, 4) is 0 Å². The molecule has 2 aromatic carbocycles. The lowest BCUT2D eigenvalue weighted by Crippen LogP contribution is -2.10. The van der Waals surface area contributed by atoms with Crippen molar-refractivity contribution >= 4 is 18.7 Å². The standard InChI is InChI=1S/C18H20F3NO2.C14H10F3NO.ClH/c1-3-23-17(24-4-2)16-9-8-14(12-22-16)10-13-6-5-7-15(11-13)18(19,20)21;15-14(16,17)12-3-1-2-10(7-12)6-11-4-5-13(9-19)18-8-11;/h5-9,11-12,17H,3-4,10H2,1-2H3;1-5,7-9H,6H2;1H. The summed E-state index contributed by atoms with van der Waals surface area (Å²) in [4.78, 5) is 18.6. The predicted octanol–water partition coefficient (Wildman–Crippen LogP) is 8.69. The van der Waals surface area contributed by atoms with E-state index in [1.54, 1.807) is 30.5 Å². The number of hydrogen-bond acceptors (Lipinski definition) is 5. The summed E-state index contributed by atoms with van der Waals surface area (Å²) >= 11 is 0. The van der Waals surface area contributed by atoms with Crippen LogP contribution >= 0.6 is 12.4 Å². The molecule has 2 aromatic heterocycles. The number of alkyl halides is 6. The molecule has 4 rings (SSSR count). The lowest BCUT2D eigenvalue weighted by molar-refractivity contribution is -0.142. The minimum absolute atomic E-state index is 0. The van der Waals surface area contributed by atoms with E-state index in [2.05, 4.69) is 9.97 Å². The Morgan fingerprint density at radius 3 is 1.52 bits per heavy atom. The SMILES string of the molecule is CCOC(OCC)c1ccc(Cc2cccc(C(F)(F)F)c2)cn1.Cl.O=Cc1ccc(Cc2cccc(C(F)(F)F)c2)cn1. The van der Waals surface area contributed by atoms with E-state index >= 15 is 0 Å². The van der Waals surface area contributed by atoms with E-state index in [4.69, 9.17) is 9.47 Å². The van der Waals surface area contributed by atoms with Gasteiger partial charge in [-0.2, -0.15) is 26.3 Å². The molecule has 2 heterocycles.